The van der Waals surface area contributed by atoms with Crippen molar-refractivity contribution >= 4 is 5.88 Å². The fourth-order valence-corrected chi connectivity index (χ4v) is 1.45. The number of nitrogens with zero attached hydrogens (tertiary/aromatic N) is 1. The van der Waals surface area contributed by atoms with E-state index in [0.717, 1.165) is 5.76 Å². The van der Waals surface area contributed by atoms with E-state index in [4.69, 9.17) is 8.83 Å². The Kier molecular flexibility index (Phi) is 3.24. The van der Waals surface area contributed by atoms with E-state index in [-0.39, 0.29) is 11.9 Å². The summed E-state index contributed by atoms with van der Waals surface area (Å²) in [6.07, 6.45) is 1.60. The second-order valence-electron chi connectivity index (χ2n) is 3.62. The summed E-state index contributed by atoms with van der Waals surface area (Å²) < 4.78 is 10.2. The van der Waals surface area contributed by atoms with Gasteiger partial charge in [0.05, 0.1) is 24.9 Å². The Labute approximate surface area is 97.4 Å². The lowest BCUT2D eigenvalue weighted by atomic mass is 10.2. The van der Waals surface area contributed by atoms with Gasteiger partial charge in [0, 0.05) is 0 Å². The first-order valence-electron chi connectivity index (χ1n) is 5.16. The van der Waals surface area contributed by atoms with Crippen LogP contribution >= 0.6 is 0 Å². The molecule has 17 heavy (non-hydrogen) atoms. The first-order valence-corrected chi connectivity index (χ1v) is 5.16. The third-order valence-corrected chi connectivity index (χ3v) is 2.38. The van der Waals surface area contributed by atoms with Crippen LogP contribution in [0.4, 0.5) is 5.88 Å². The summed E-state index contributed by atoms with van der Waals surface area (Å²) in [5.41, 5.74) is 0. The zero-order valence-corrected chi connectivity index (χ0v) is 9.25. The van der Waals surface area contributed by atoms with Crippen LogP contribution < -0.4 is 5.32 Å². The van der Waals surface area contributed by atoms with Crippen molar-refractivity contribution in [3.63, 3.8) is 0 Å². The molecule has 1 unspecified atom stereocenters. The van der Waals surface area contributed by atoms with Gasteiger partial charge in [0.25, 0.3) is 0 Å². The molecule has 0 saturated heterocycles. The van der Waals surface area contributed by atoms with Crippen LogP contribution in [0.25, 0.3) is 0 Å². The van der Waals surface area contributed by atoms with Crippen molar-refractivity contribution < 1.29 is 13.8 Å². The lowest BCUT2D eigenvalue weighted by Crippen LogP contribution is -2.17. The van der Waals surface area contributed by atoms with Gasteiger partial charge in [-0.3, -0.25) is 10.1 Å². The molecule has 0 aliphatic rings. The first-order chi connectivity index (χ1) is 8.16. The van der Waals surface area contributed by atoms with E-state index in [2.05, 4.69) is 5.32 Å². The van der Waals surface area contributed by atoms with Crippen molar-refractivity contribution in [3.05, 3.63) is 52.2 Å². The lowest BCUT2D eigenvalue weighted by molar-refractivity contribution is -0.402. The second-order valence-corrected chi connectivity index (χ2v) is 3.62. The molecule has 0 aliphatic carbocycles. The van der Waals surface area contributed by atoms with Gasteiger partial charge in [0.1, 0.15) is 16.4 Å². The van der Waals surface area contributed by atoms with E-state index in [1.54, 1.807) is 12.3 Å². The van der Waals surface area contributed by atoms with E-state index in [1.165, 1.54) is 6.07 Å². The summed E-state index contributed by atoms with van der Waals surface area (Å²) in [4.78, 5) is 9.86. The monoisotopic (exact) mass is 236 g/mol. The molecule has 2 rings (SSSR count). The highest BCUT2D eigenvalue weighted by Crippen LogP contribution is 2.17. The van der Waals surface area contributed by atoms with Crippen LogP contribution in [0.2, 0.25) is 0 Å². The highest BCUT2D eigenvalue weighted by Gasteiger charge is 2.13. The normalized spacial score (nSPS) is 12.5. The van der Waals surface area contributed by atoms with E-state index >= 15 is 0 Å². The minimum absolute atomic E-state index is 0.0224. The summed E-state index contributed by atoms with van der Waals surface area (Å²) in [6, 6.07) is 6.62. The van der Waals surface area contributed by atoms with Crippen LogP contribution in [0, 0.1) is 10.1 Å². The molecule has 2 heterocycles. The molecule has 2 aromatic rings. The topological polar surface area (TPSA) is 81.5 Å². The zero-order valence-electron chi connectivity index (χ0n) is 9.25. The predicted molar refractivity (Wildman–Crippen MR) is 59.3 cm³/mol. The molecule has 0 saturated carbocycles. The van der Waals surface area contributed by atoms with Crippen LogP contribution in [0.15, 0.2) is 39.4 Å². The van der Waals surface area contributed by atoms with E-state index < -0.39 is 4.92 Å². The fraction of sp³-hybridized carbons (Fsp3) is 0.273. The van der Waals surface area contributed by atoms with Gasteiger partial charge in [-0.2, -0.15) is 0 Å². The van der Waals surface area contributed by atoms with Gasteiger partial charge >= 0.3 is 5.88 Å². The first kappa shape index (κ1) is 11.4. The van der Waals surface area contributed by atoms with Gasteiger partial charge in [-0.1, -0.05) is 0 Å². The molecule has 6 nitrogen and oxygen atoms in total. The Morgan fingerprint density at radius 1 is 1.47 bits per heavy atom. The maximum Gasteiger partial charge on any atom is 0.433 e. The summed E-state index contributed by atoms with van der Waals surface area (Å²) in [5.74, 6) is 1.09. The number of rotatable bonds is 5. The number of hydrogen-bond donors (Lipinski definition) is 1. The molecular formula is C11H12N2O4. The molecule has 0 aromatic carbocycles. The third-order valence-electron chi connectivity index (χ3n) is 2.38. The van der Waals surface area contributed by atoms with Crippen molar-refractivity contribution in [1.82, 2.24) is 5.32 Å². The lowest BCUT2D eigenvalue weighted by Gasteiger charge is -2.09. The van der Waals surface area contributed by atoms with Gasteiger partial charge in [-0.05, 0) is 25.1 Å². The van der Waals surface area contributed by atoms with Gasteiger partial charge in [0.2, 0.25) is 0 Å². The minimum atomic E-state index is -0.556. The number of furan rings is 2. The molecule has 0 fully saturated rings. The number of nitrogens with one attached hydrogen (secondary N) is 1. The number of hydrogen-bond acceptors (Lipinski definition) is 5. The van der Waals surface area contributed by atoms with Crippen LogP contribution in [0.3, 0.4) is 0 Å². The second kappa shape index (κ2) is 4.84. The molecule has 0 bridgehead atoms. The average Bonchev–Trinajstić information content (AvgIpc) is 2.97. The van der Waals surface area contributed by atoms with Crippen LogP contribution in [0.5, 0.6) is 0 Å². The maximum absolute atomic E-state index is 10.4. The molecule has 2 aromatic heterocycles. The molecule has 0 amide bonds. The van der Waals surface area contributed by atoms with E-state index in [1.807, 2.05) is 19.1 Å². The van der Waals surface area contributed by atoms with Crippen molar-refractivity contribution in [3.8, 4) is 0 Å². The Bertz CT molecular complexity index is 489. The summed E-state index contributed by atoms with van der Waals surface area (Å²) >= 11 is 0. The minimum Gasteiger partial charge on any atom is -0.468 e. The van der Waals surface area contributed by atoms with Crippen LogP contribution in [0.1, 0.15) is 24.5 Å². The van der Waals surface area contributed by atoms with Crippen LogP contribution in [-0.4, -0.2) is 4.92 Å². The molecule has 90 valence electrons. The summed E-state index contributed by atoms with van der Waals surface area (Å²) in [6.45, 7) is 2.35. The molecular weight excluding hydrogens is 224 g/mol. The zero-order chi connectivity index (χ0) is 12.3. The molecule has 0 radical (unpaired) electrons. The highest BCUT2D eigenvalue weighted by atomic mass is 16.6. The van der Waals surface area contributed by atoms with Crippen LogP contribution in [-0.2, 0) is 6.54 Å². The van der Waals surface area contributed by atoms with Gasteiger partial charge in [0.15, 0.2) is 0 Å². The Morgan fingerprint density at radius 3 is 2.88 bits per heavy atom. The van der Waals surface area contributed by atoms with Gasteiger partial charge in [-0.25, -0.2) is 0 Å². The third kappa shape index (κ3) is 2.73. The Balaban J connectivity index is 1.91. The Morgan fingerprint density at radius 2 is 2.29 bits per heavy atom. The molecule has 1 atom stereocenters. The van der Waals surface area contributed by atoms with Gasteiger partial charge < -0.3 is 14.2 Å². The highest BCUT2D eigenvalue weighted by molar-refractivity contribution is 5.17. The quantitative estimate of drug-likeness (QED) is 0.637. The molecule has 0 spiro atoms. The standard InChI is InChI=1S/C11H12N2O4/c1-8(10-3-2-6-16-10)12-7-9-4-5-11(17-9)13(14)15/h2-6,8,12H,7H2,1H3. The SMILES string of the molecule is CC(NCc1ccc([N+](=O)[O-])o1)c1ccco1. The molecule has 6 heteroatoms. The van der Waals surface area contributed by atoms with Crippen molar-refractivity contribution in [2.45, 2.75) is 19.5 Å². The van der Waals surface area contributed by atoms with Crippen molar-refractivity contribution in [1.29, 1.82) is 0 Å². The van der Waals surface area contributed by atoms with Gasteiger partial charge in [-0.15, -0.1) is 0 Å². The van der Waals surface area contributed by atoms with E-state index in [0.29, 0.717) is 12.3 Å². The smallest absolute Gasteiger partial charge is 0.433 e. The number of nitro groups is 1. The molecule has 0 aliphatic heterocycles. The average molecular weight is 236 g/mol. The largest absolute Gasteiger partial charge is 0.468 e. The summed E-state index contributed by atoms with van der Waals surface area (Å²) in [7, 11) is 0. The fourth-order valence-electron chi connectivity index (χ4n) is 1.45. The predicted octanol–water partition coefficient (Wildman–Crippen LogP) is 2.63. The maximum atomic E-state index is 10.4. The molecule has 1 N–H and O–H groups in total. The van der Waals surface area contributed by atoms with Crippen molar-refractivity contribution in [2.24, 2.45) is 0 Å². The Hall–Kier alpha value is -2.08. The van der Waals surface area contributed by atoms with E-state index in [9.17, 15) is 10.1 Å². The summed E-state index contributed by atoms with van der Waals surface area (Å²) in [5, 5.41) is 13.6. The van der Waals surface area contributed by atoms with Crippen molar-refractivity contribution in [2.75, 3.05) is 0 Å².